The first kappa shape index (κ1) is 20.1. The highest BCUT2D eigenvalue weighted by Gasteiger charge is 2.21. The Labute approximate surface area is 187 Å². The maximum Gasteiger partial charge on any atom is 0.253 e. The SMILES string of the molecule is Cc1ccc(-c2cnc3c(-n4c(C)nnc4C)cc(C(=O)NC(C)c4nnc[nH]4)cn23)s1. The Hall–Kier alpha value is -3.86. The molecule has 1 amide bonds. The Morgan fingerprint density at radius 1 is 1.16 bits per heavy atom. The van der Waals surface area contributed by atoms with Gasteiger partial charge in [-0.25, -0.2) is 4.98 Å². The molecule has 1 unspecified atom stereocenters. The van der Waals surface area contributed by atoms with Crippen LogP contribution in [0.5, 0.6) is 0 Å². The monoisotopic (exact) mass is 447 g/mol. The van der Waals surface area contributed by atoms with Crippen molar-refractivity contribution in [2.75, 3.05) is 0 Å². The molecule has 0 fully saturated rings. The predicted octanol–water partition coefficient (Wildman–Crippen LogP) is 3.18. The van der Waals surface area contributed by atoms with E-state index in [1.807, 2.05) is 48.2 Å². The summed E-state index contributed by atoms with van der Waals surface area (Å²) in [4.78, 5) is 23.1. The van der Waals surface area contributed by atoms with Gasteiger partial charge in [-0.05, 0) is 45.9 Å². The Morgan fingerprint density at radius 3 is 2.59 bits per heavy atom. The van der Waals surface area contributed by atoms with E-state index in [1.54, 1.807) is 11.3 Å². The van der Waals surface area contributed by atoms with Gasteiger partial charge in [0.2, 0.25) is 0 Å². The molecule has 11 heteroatoms. The lowest BCUT2D eigenvalue weighted by atomic mass is 10.2. The van der Waals surface area contributed by atoms with E-state index in [0.717, 1.165) is 21.9 Å². The van der Waals surface area contributed by atoms with Gasteiger partial charge in [-0.15, -0.1) is 31.7 Å². The van der Waals surface area contributed by atoms with Gasteiger partial charge in [0.1, 0.15) is 18.0 Å². The minimum atomic E-state index is -0.329. The Balaban J connectivity index is 1.66. The van der Waals surface area contributed by atoms with Crippen molar-refractivity contribution in [1.29, 1.82) is 0 Å². The van der Waals surface area contributed by atoms with E-state index < -0.39 is 0 Å². The van der Waals surface area contributed by atoms with Crippen LogP contribution in [0.4, 0.5) is 0 Å². The third-order valence-electron chi connectivity index (χ3n) is 5.26. The number of hydrogen-bond donors (Lipinski definition) is 2. The number of carbonyl (C=O) groups excluding carboxylic acids is 1. The van der Waals surface area contributed by atoms with E-state index in [9.17, 15) is 4.79 Å². The highest BCUT2D eigenvalue weighted by molar-refractivity contribution is 7.15. The molecule has 5 heterocycles. The van der Waals surface area contributed by atoms with Gasteiger partial charge in [-0.3, -0.25) is 13.8 Å². The van der Waals surface area contributed by atoms with Crippen LogP contribution in [0, 0.1) is 20.8 Å². The number of nitrogens with zero attached hydrogens (tertiary/aromatic N) is 7. The van der Waals surface area contributed by atoms with E-state index >= 15 is 0 Å². The summed E-state index contributed by atoms with van der Waals surface area (Å²) in [6.07, 6.45) is 5.13. The summed E-state index contributed by atoms with van der Waals surface area (Å²) in [5, 5.41) is 19.1. The fraction of sp³-hybridized carbons (Fsp3) is 0.238. The molecule has 0 aliphatic carbocycles. The van der Waals surface area contributed by atoms with Crippen molar-refractivity contribution in [1.82, 2.24) is 44.6 Å². The zero-order valence-corrected chi connectivity index (χ0v) is 18.8. The van der Waals surface area contributed by atoms with Gasteiger partial charge in [0, 0.05) is 11.1 Å². The summed E-state index contributed by atoms with van der Waals surface area (Å²) >= 11 is 1.68. The lowest BCUT2D eigenvalue weighted by Crippen LogP contribution is -2.28. The molecule has 5 aromatic heterocycles. The second kappa shape index (κ2) is 7.68. The molecule has 1 atom stereocenters. The summed E-state index contributed by atoms with van der Waals surface area (Å²) in [5.41, 5.74) is 2.86. The van der Waals surface area contributed by atoms with Crippen LogP contribution in [0.2, 0.25) is 0 Å². The number of rotatable bonds is 5. The normalized spacial score (nSPS) is 12.4. The molecule has 5 rings (SSSR count). The topological polar surface area (TPSA) is 119 Å². The van der Waals surface area contributed by atoms with Crippen molar-refractivity contribution in [2.45, 2.75) is 33.7 Å². The average Bonchev–Trinajstić information content (AvgIpc) is 3.55. The quantitative estimate of drug-likeness (QED) is 0.427. The van der Waals surface area contributed by atoms with Crippen molar-refractivity contribution < 1.29 is 4.79 Å². The molecule has 0 saturated heterocycles. The summed E-state index contributed by atoms with van der Waals surface area (Å²) in [6, 6.07) is 5.63. The van der Waals surface area contributed by atoms with Crippen molar-refractivity contribution in [2.24, 2.45) is 0 Å². The number of aromatic amines is 1. The maximum absolute atomic E-state index is 13.2. The van der Waals surface area contributed by atoms with E-state index in [-0.39, 0.29) is 11.9 Å². The van der Waals surface area contributed by atoms with Gasteiger partial charge in [0.15, 0.2) is 11.5 Å². The minimum absolute atomic E-state index is 0.234. The summed E-state index contributed by atoms with van der Waals surface area (Å²) < 4.78 is 3.86. The molecule has 32 heavy (non-hydrogen) atoms. The van der Waals surface area contributed by atoms with Gasteiger partial charge in [-0.2, -0.15) is 0 Å². The van der Waals surface area contributed by atoms with Crippen molar-refractivity contribution in [3.8, 4) is 16.3 Å². The van der Waals surface area contributed by atoms with Gasteiger partial charge >= 0.3 is 0 Å². The molecule has 2 N–H and O–H groups in total. The molecule has 0 aliphatic heterocycles. The number of thiophene rings is 1. The summed E-state index contributed by atoms with van der Waals surface area (Å²) in [7, 11) is 0. The van der Waals surface area contributed by atoms with E-state index in [1.165, 1.54) is 11.2 Å². The van der Waals surface area contributed by atoms with Gasteiger partial charge < -0.3 is 10.3 Å². The molecular weight excluding hydrogens is 426 g/mol. The molecule has 0 bridgehead atoms. The second-order valence-corrected chi connectivity index (χ2v) is 8.85. The lowest BCUT2D eigenvalue weighted by molar-refractivity contribution is 0.0938. The Kier molecular flexibility index (Phi) is 4.82. The molecule has 162 valence electrons. The van der Waals surface area contributed by atoms with E-state index in [2.05, 4.69) is 54.7 Å². The lowest BCUT2D eigenvalue weighted by Gasteiger charge is -2.14. The van der Waals surface area contributed by atoms with Crippen LogP contribution < -0.4 is 5.32 Å². The number of hydrogen-bond acceptors (Lipinski definition) is 7. The smallest absolute Gasteiger partial charge is 0.253 e. The fourth-order valence-corrected chi connectivity index (χ4v) is 4.58. The van der Waals surface area contributed by atoms with Crippen LogP contribution in [-0.4, -0.2) is 45.2 Å². The van der Waals surface area contributed by atoms with Crippen molar-refractivity contribution >= 4 is 22.9 Å². The number of pyridine rings is 1. The molecule has 10 nitrogen and oxygen atoms in total. The maximum atomic E-state index is 13.2. The largest absolute Gasteiger partial charge is 0.342 e. The molecule has 0 saturated carbocycles. The predicted molar refractivity (Wildman–Crippen MR) is 120 cm³/mol. The third-order valence-corrected chi connectivity index (χ3v) is 6.29. The van der Waals surface area contributed by atoms with E-state index in [0.29, 0.717) is 23.0 Å². The van der Waals surface area contributed by atoms with Crippen molar-refractivity contribution in [3.05, 3.63) is 64.8 Å². The minimum Gasteiger partial charge on any atom is -0.342 e. The first-order chi connectivity index (χ1) is 15.4. The van der Waals surface area contributed by atoms with E-state index in [4.69, 9.17) is 0 Å². The van der Waals surface area contributed by atoms with Gasteiger partial charge in [-0.1, -0.05) is 0 Å². The Morgan fingerprint density at radius 2 is 1.94 bits per heavy atom. The number of imidazole rings is 1. The van der Waals surface area contributed by atoms with Crippen LogP contribution in [0.1, 0.15) is 45.7 Å². The number of nitrogens with one attached hydrogen (secondary N) is 2. The highest BCUT2D eigenvalue weighted by Crippen LogP contribution is 2.31. The fourth-order valence-electron chi connectivity index (χ4n) is 3.70. The summed E-state index contributed by atoms with van der Waals surface area (Å²) in [5.74, 6) is 1.78. The number of carbonyl (C=O) groups is 1. The number of H-pyrrole nitrogens is 1. The van der Waals surface area contributed by atoms with Gasteiger partial charge in [0.25, 0.3) is 5.91 Å². The Bertz CT molecular complexity index is 1410. The first-order valence-electron chi connectivity index (χ1n) is 10.1. The van der Waals surface area contributed by atoms with Crippen LogP contribution in [0.15, 0.2) is 36.9 Å². The third kappa shape index (κ3) is 3.36. The number of fused-ring (bicyclic) bond motifs is 1. The molecule has 0 aromatic carbocycles. The molecule has 0 aliphatic rings. The zero-order chi connectivity index (χ0) is 22.4. The van der Waals surface area contributed by atoms with Crippen LogP contribution >= 0.6 is 11.3 Å². The first-order valence-corrected chi connectivity index (χ1v) is 10.9. The van der Waals surface area contributed by atoms with Crippen molar-refractivity contribution in [3.63, 3.8) is 0 Å². The molecule has 5 aromatic rings. The molecule has 0 radical (unpaired) electrons. The van der Waals surface area contributed by atoms with Crippen LogP contribution in [0.3, 0.4) is 0 Å². The molecule has 0 spiro atoms. The second-order valence-electron chi connectivity index (χ2n) is 7.56. The van der Waals surface area contributed by atoms with Crippen LogP contribution in [-0.2, 0) is 0 Å². The zero-order valence-electron chi connectivity index (χ0n) is 18.0. The number of amides is 1. The number of aromatic nitrogens is 8. The standard InChI is InChI=1S/C21H21N9OS/c1-11-5-6-18(32-11)17-8-22-20-16(30-13(3)26-27-14(30)4)7-15(9-29(17)20)21(31)25-12(2)19-23-10-24-28-19/h5-10,12H,1-4H3,(H,25,31)(H,23,24,28). The van der Waals surface area contributed by atoms with Crippen LogP contribution in [0.25, 0.3) is 21.9 Å². The number of aryl methyl sites for hydroxylation is 3. The molecular formula is C21H21N9OS. The summed E-state index contributed by atoms with van der Waals surface area (Å²) in [6.45, 7) is 7.67. The highest BCUT2D eigenvalue weighted by atomic mass is 32.1. The van der Waals surface area contributed by atoms with Gasteiger partial charge in [0.05, 0.1) is 34.1 Å². The average molecular weight is 448 g/mol.